The third-order valence-electron chi connectivity index (χ3n) is 11.9. The Hall–Kier alpha value is -6.82. The van der Waals surface area contributed by atoms with Gasteiger partial charge in [-0.25, -0.2) is 29.3 Å². The van der Waals surface area contributed by atoms with Gasteiger partial charge < -0.3 is 9.68 Å². The van der Waals surface area contributed by atoms with E-state index in [4.69, 9.17) is 44.5 Å². The fraction of sp³-hybridized carbons (Fsp3) is 0.340. The third kappa shape index (κ3) is 11.9. The molecule has 6 aromatic heterocycles. The second kappa shape index (κ2) is 25.2. The molecule has 3 N–H and O–H groups in total. The summed E-state index contributed by atoms with van der Waals surface area (Å²) in [6.07, 6.45) is 13.1. The topological polar surface area (TPSA) is 212 Å². The van der Waals surface area contributed by atoms with Crippen LogP contribution in [-0.2, 0) is 22.9 Å². The van der Waals surface area contributed by atoms with Crippen molar-refractivity contribution in [2.45, 2.75) is 111 Å². The number of halogens is 3. The molecule has 8 rings (SSSR count). The number of carbonyl (C=O) groups is 1. The van der Waals surface area contributed by atoms with E-state index in [-0.39, 0.29) is 40.2 Å². The Bertz CT molecular complexity index is 3080. The van der Waals surface area contributed by atoms with Crippen LogP contribution in [0.25, 0.3) is 33.5 Å². The lowest BCUT2D eigenvalue weighted by Crippen LogP contribution is -2.22. The van der Waals surface area contributed by atoms with Crippen LogP contribution in [0.15, 0.2) is 104 Å². The molecule has 70 heavy (non-hydrogen) atoms. The van der Waals surface area contributed by atoms with E-state index in [1.165, 1.54) is 18.6 Å². The van der Waals surface area contributed by atoms with Gasteiger partial charge in [-0.3, -0.25) is 33.4 Å². The Labute approximate surface area is 418 Å². The van der Waals surface area contributed by atoms with Gasteiger partial charge in [-0.05, 0) is 49.7 Å². The molecule has 6 heterocycles. The highest BCUT2D eigenvalue weighted by Crippen LogP contribution is 2.28. The van der Waals surface area contributed by atoms with Crippen LogP contribution in [0.3, 0.4) is 0 Å². The average Bonchev–Trinajstić information content (AvgIpc) is 4.01. The number of H-pyrrole nitrogens is 3. The van der Waals surface area contributed by atoms with E-state index in [0.29, 0.717) is 79.7 Å². The van der Waals surface area contributed by atoms with Crippen molar-refractivity contribution in [3.8, 4) is 0 Å². The van der Waals surface area contributed by atoms with Gasteiger partial charge in [-0.2, -0.15) is 0 Å². The molecule has 0 fully saturated rings. The molecular formula is C50H56Cl3N11O6. The number of nitrogens with one attached hydrogen (secondary N) is 3. The van der Waals surface area contributed by atoms with Crippen LogP contribution in [0.4, 0.5) is 0 Å². The Kier molecular flexibility index (Phi) is 18.9. The molecule has 0 amide bonds. The second-order valence-corrected chi connectivity index (χ2v) is 17.3. The highest BCUT2D eigenvalue weighted by molar-refractivity contribution is 6.35. The van der Waals surface area contributed by atoms with Crippen LogP contribution in [0, 0.1) is 0 Å². The maximum atomic E-state index is 12.4. The Balaban J connectivity index is 0.000000176. The summed E-state index contributed by atoms with van der Waals surface area (Å²) in [5.41, 5.74) is 6.16. The zero-order chi connectivity index (χ0) is 50.3. The average molecular weight is 1010 g/mol. The van der Waals surface area contributed by atoms with Gasteiger partial charge in [0.15, 0.2) is 23.2 Å². The summed E-state index contributed by atoms with van der Waals surface area (Å²) in [7, 11) is 0. The Morgan fingerprint density at radius 3 is 1.11 bits per heavy atom. The number of aldehydes is 1. The molecule has 0 radical (unpaired) electrons. The van der Waals surface area contributed by atoms with E-state index in [2.05, 4.69) is 40.2 Å². The number of benzene rings is 2. The highest BCUT2D eigenvalue weighted by atomic mass is 35.5. The predicted octanol–water partition coefficient (Wildman–Crippen LogP) is 11.1. The summed E-state index contributed by atoms with van der Waals surface area (Å²) >= 11 is 18.6. The van der Waals surface area contributed by atoms with Gasteiger partial charge in [0.2, 0.25) is 0 Å². The molecule has 0 unspecified atom stereocenters. The number of hydrogen-bond donors (Lipinski definition) is 3. The lowest BCUT2D eigenvalue weighted by Gasteiger charge is -2.15. The lowest BCUT2D eigenvalue weighted by molar-refractivity contribution is 0.112. The third-order valence-corrected chi connectivity index (χ3v) is 12.8. The molecule has 368 valence electrons. The first-order chi connectivity index (χ1) is 33.9. The summed E-state index contributed by atoms with van der Waals surface area (Å²) in [4.78, 5) is 79.5. The summed E-state index contributed by atoms with van der Waals surface area (Å²) in [5, 5.41) is 9.19. The molecule has 20 heteroatoms. The Morgan fingerprint density at radius 2 is 0.814 bits per heavy atom. The van der Waals surface area contributed by atoms with Crippen LogP contribution < -0.4 is 17.1 Å². The minimum atomic E-state index is -0.253. The number of rotatable bonds is 18. The van der Waals surface area contributed by atoms with Crippen molar-refractivity contribution in [2.24, 2.45) is 10.3 Å². The first-order valence-electron chi connectivity index (χ1n) is 23.1. The normalized spacial score (nSPS) is 11.6. The zero-order valence-electron chi connectivity index (χ0n) is 39.8. The van der Waals surface area contributed by atoms with E-state index in [9.17, 15) is 19.2 Å². The molecule has 0 spiro atoms. The SMILES string of the molecule is CCC(CC)n1c(=O)[nH]c2ncc(Cl)c(/C=N/OCc3ccccc3)c21.CCC(CC)n1c(=O)[nH]c2ncc(Cl)c(/C=N\OCc3ccccc3)c21.CCC(CC)n1c(=O)[nH]c2ncc(Cl)c(C=O)c21. The van der Waals surface area contributed by atoms with E-state index in [1.807, 2.05) is 102 Å². The van der Waals surface area contributed by atoms with E-state index >= 15 is 0 Å². The molecule has 17 nitrogen and oxygen atoms in total. The number of pyridine rings is 3. The largest absolute Gasteiger partial charge is 0.391 e. The lowest BCUT2D eigenvalue weighted by atomic mass is 10.1. The van der Waals surface area contributed by atoms with Gasteiger partial charge in [-0.15, -0.1) is 0 Å². The molecule has 2 aromatic carbocycles. The van der Waals surface area contributed by atoms with Crippen molar-refractivity contribution in [1.29, 1.82) is 0 Å². The number of oxime groups is 2. The van der Waals surface area contributed by atoms with Crippen molar-refractivity contribution in [3.63, 3.8) is 0 Å². The van der Waals surface area contributed by atoms with Gasteiger partial charge in [0.05, 0.1) is 44.1 Å². The van der Waals surface area contributed by atoms with Crippen molar-refractivity contribution in [2.75, 3.05) is 0 Å². The van der Waals surface area contributed by atoms with Crippen molar-refractivity contribution < 1.29 is 14.5 Å². The van der Waals surface area contributed by atoms with Crippen LogP contribution in [0.5, 0.6) is 0 Å². The van der Waals surface area contributed by atoms with Gasteiger partial charge in [-0.1, -0.05) is 147 Å². The summed E-state index contributed by atoms with van der Waals surface area (Å²) in [6, 6.07) is 19.7. The smallest absolute Gasteiger partial charge is 0.327 e. The number of imidazole rings is 3. The minimum absolute atomic E-state index is 0.0326. The molecule has 8 aromatic rings. The summed E-state index contributed by atoms with van der Waals surface area (Å²) < 4.78 is 5.01. The van der Waals surface area contributed by atoms with Gasteiger partial charge in [0.1, 0.15) is 18.7 Å². The van der Waals surface area contributed by atoms with Crippen molar-refractivity contribution in [3.05, 3.63) is 154 Å². The maximum absolute atomic E-state index is 12.4. The monoisotopic (exact) mass is 1010 g/mol. The van der Waals surface area contributed by atoms with Crippen LogP contribution in [0.1, 0.15) is 131 Å². The Morgan fingerprint density at radius 1 is 0.514 bits per heavy atom. The van der Waals surface area contributed by atoms with Gasteiger partial charge in [0.25, 0.3) is 0 Å². The molecule has 0 aliphatic rings. The van der Waals surface area contributed by atoms with Crippen molar-refractivity contribution >= 4 is 87.0 Å². The van der Waals surface area contributed by atoms with Gasteiger partial charge >= 0.3 is 17.1 Å². The molecule has 0 aliphatic heterocycles. The predicted molar refractivity (Wildman–Crippen MR) is 278 cm³/mol. The standard InChI is InChI=1S/2C19H21ClN4O2.C12H14ClN3O2/c2*1-3-14(4-2)24-17-15(16(20)11-21-18(17)23-19(24)25)10-22-26-12-13-8-6-5-7-9-13;1-3-7(4-2)16-10-8(6-17)9(13)5-14-11(10)15-12(16)18/h2*5-11,14H,3-4,12H2,1-2H3,(H,21,23,25);5-7H,3-4H2,1-2H3,(H,14,15,18)/b22-10+;22-10-;. The molecule has 0 aliphatic carbocycles. The number of carbonyl (C=O) groups excluding carboxylic acids is 1. The summed E-state index contributed by atoms with van der Waals surface area (Å²) in [6.45, 7) is 12.9. The zero-order valence-corrected chi connectivity index (χ0v) is 42.1. The van der Waals surface area contributed by atoms with Crippen molar-refractivity contribution in [1.82, 2.24) is 43.6 Å². The van der Waals surface area contributed by atoms with Gasteiger partial charge in [0, 0.05) is 47.8 Å². The fourth-order valence-corrected chi connectivity index (χ4v) is 8.75. The molecule has 0 bridgehead atoms. The first kappa shape index (κ1) is 52.5. The minimum Gasteiger partial charge on any atom is -0.391 e. The summed E-state index contributed by atoms with van der Waals surface area (Å²) in [5.74, 6) is 0. The maximum Gasteiger partial charge on any atom is 0.327 e. The number of nitrogens with zero attached hydrogens (tertiary/aromatic N) is 8. The first-order valence-corrected chi connectivity index (χ1v) is 24.3. The highest BCUT2D eigenvalue weighted by Gasteiger charge is 2.22. The van der Waals surface area contributed by atoms with E-state index < -0.39 is 0 Å². The fourth-order valence-electron chi connectivity index (χ4n) is 8.19. The van der Waals surface area contributed by atoms with E-state index in [0.717, 1.165) is 49.7 Å². The number of aromatic nitrogens is 9. The number of hydrogen-bond acceptors (Lipinski definition) is 11. The van der Waals surface area contributed by atoms with E-state index in [1.54, 1.807) is 26.1 Å². The molecule has 0 saturated heterocycles. The second-order valence-electron chi connectivity index (χ2n) is 16.1. The van der Waals surface area contributed by atoms with Crippen LogP contribution >= 0.6 is 34.8 Å². The molecule has 0 atom stereocenters. The number of fused-ring (bicyclic) bond motifs is 3. The quantitative estimate of drug-likeness (QED) is 0.0423. The van der Waals surface area contributed by atoms with Crippen LogP contribution in [-0.4, -0.2) is 62.3 Å². The van der Waals surface area contributed by atoms with Crippen LogP contribution in [0.2, 0.25) is 15.1 Å². The molecular weight excluding hydrogens is 957 g/mol. The number of aromatic amines is 3. The molecule has 0 saturated carbocycles.